The summed E-state index contributed by atoms with van der Waals surface area (Å²) >= 11 is 1.76. The van der Waals surface area contributed by atoms with E-state index in [9.17, 15) is 0 Å². The fraction of sp³-hybridized carbons (Fsp3) is 0.250. The molecule has 0 fully saturated rings. The highest BCUT2D eigenvalue weighted by molar-refractivity contribution is 7.99. The van der Waals surface area contributed by atoms with E-state index >= 15 is 0 Å². The Morgan fingerprint density at radius 3 is 3.00 bits per heavy atom. The highest BCUT2D eigenvalue weighted by Gasteiger charge is 1.97. The third-order valence-electron chi connectivity index (χ3n) is 2.18. The molecular weight excluding hydrogens is 238 g/mol. The Balaban J connectivity index is 2.57. The minimum Gasteiger partial charge on any atom is -0.303 e. The zero-order valence-electron chi connectivity index (χ0n) is 10.6. The minimum absolute atomic E-state index is 0.604. The predicted molar refractivity (Wildman–Crippen MR) is 81.4 cm³/mol. The van der Waals surface area contributed by atoms with E-state index in [4.69, 9.17) is 6.42 Å². The molecule has 1 rings (SSSR count). The van der Waals surface area contributed by atoms with Crippen LogP contribution in [0.15, 0.2) is 35.2 Å². The standard InChI is InChI=1S/C16H17NS/c1-3-5-14-18-16-11-7-6-9-15(16)10-8-13-17-12-4-2/h2,6-11,17H,12-14H2,1H3/b10-8+. The van der Waals surface area contributed by atoms with Crippen molar-refractivity contribution < 1.29 is 0 Å². The molecular formula is C16H17NS. The normalized spacial score (nSPS) is 9.78. The van der Waals surface area contributed by atoms with Crippen LogP contribution in [0.2, 0.25) is 0 Å². The Kier molecular flexibility index (Phi) is 7.57. The van der Waals surface area contributed by atoms with Crippen molar-refractivity contribution in [1.29, 1.82) is 0 Å². The molecule has 0 aliphatic rings. The molecule has 1 N–H and O–H groups in total. The molecule has 0 atom stereocenters. The van der Waals surface area contributed by atoms with E-state index < -0.39 is 0 Å². The van der Waals surface area contributed by atoms with Crippen molar-refractivity contribution >= 4 is 17.8 Å². The van der Waals surface area contributed by atoms with Crippen molar-refractivity contribution in [2.45, 2.75) is 11.8 Å². The molecule has 0 aliphatic heterocycles. The Labute approximate surface area is 114 Å². The monoisotopic (exact) mass is 255 g/mol. The lowest BCUT2D eigenvalue weighted by molar-refractivity contribution is 0.859. The van der Waals surface area contributed by atoms with Crippen molar-refractivity contribution in [2.75, 3.05) is 18.8 Å². The molecule has 0 aromatic heterocycles. The van der Waals surface area contributed by atoms with Crippen LogP contribution in [-0.2, 0) is 0 Å². The molecule has 0 radical (unpaired) electrons. The summed E-state index contributed by atoms with van der Waals surface area (Å²) in [4.78, 5) is 1.26. The van der Waals surface area contributed by atoms with Gasteiger partial charge >= 0.3 is 0 Å². The van der Waals surface area contributed by atoms with E-state index in [2.05, 4.69) is 53.4 Å². The van der Waals surface area contributed by atoms with Crippen molar-refractivity contribution in [3.63, 3.8) is 0 Å². The third kappa shape index (κ3) is 5.64. The molecule has 1 nitrogen and oxygen atoms in total. The Morgan fingerprint density at radius 1 is 1.39 bits per heavy atom. The van der Waals surface area contributed by atoms with Crippen molar-refractivity contribution in [3.8, 4) is 24.2 Å². The molecule has 0 saturated heterocycles. The maximum absolute atomic E-state index is 5.16. The molecule has 0 saturated carbocycles. The van der Waals surface area contributed by atoms with Gasteiger partial charge in [-0.15, -0.1) is 24.1 Å². The molecule has 18 heavy (non-hydrogen) atoms. The lowest BCUT2D eigenvalue weighted by atomic mass is 10.2. The largest absolute Gasteiger partial charge is 0.303 e. The summed E-state index contributed by atoms with van der Waals surface area (Å²) in [5, 5.41) is 3.13. The lowest BCUT2D eigenvalue weighted by Gasteiger charge is -2.03. The van der Waals surface area contributed by atoms with Gasteiger partial charge in [-0.1, -0.05) is 42.2 Å². The molecule has 1 aromatic carbocycles. The molecule has 0 heterocycles. The van der Waals surface area contributed by atoms with Gasteiger partial charge in [0, 0.05) is 11.4 Å². The van der Waals surface area contributed by atoms with Crippen LogP contribution in [-0.4, -0.2) is 18.8 Å². The van der Waals surface area contributed by atoms with Gasteiger partial charge in [0.25, 0.3) is 0 Å². The highest BCUT2D eigenvalue weighted by Crippen LogP contribution is 2.23. The van der Waals surface area contributed by atoms with Crippen LogP contribution < -0.4 is 5.32 Å². The van der Waals surface area contributed by atoms with Crippen LogP contribution in [0.1, 0.15) is 12.5 Å². The summed E-state index contributed by atoms with van der Waals surface area (Å²) in [6, 6.07) is 8.33. The quantitative estimate of drug-likeness (QED) is 0.476. The molecule has 1 aromatic rings. The van der Waals surface area contributed by atoms with E-state index in [1.165, 1.54) is 10.5 Å². The van der Waals surface area contributed by atoms with Gasteiger partial charge in [0.2, 0.25) is 0 Å². The van der Waals surface area contributed by atoms with Crippen LogP contribution in [0.3, 0.4) is 0 Å². The summed E-state index contributed by atoms with van der Waals surface area (Å²) < 4.78 is 0. The summed E-state index contributed by atoms with van der Waals surface area (Å²) in [7, 11) is 0. The SMILES string of the molecule is C#CCNC/C=C/c1ccccc1SCC#CC. The number of benzene rings is 1. The fourth-order valence-electron chi connectivity index (χ4n) is 1.35. The first-order chi connectivity index (χ1) is 8.88. The van der Waals surface area contributed by atoms with Gasteiger partial charge in [0.1, 0.15) is 0 Å². The van der Waals surface area contributed by atoms with Crippen LogP contribution >= 0.6 is 11.8 Å². The van der Waals surface area contributed by atoms with E-state index in [-0.39, 0.29) is 0 Å². The van der Waals surface area contributed by atoms with Crippen LogP contribution in [0.4, 0.5) is 0 Å². The van der Waals surface area contributed by atoms with Gasteiger partial charge in [0.05, 0.1) is 12.3 Å². The highest BCUT2D eigenvalue weighted by atomic mass is 32.2. The maximum atomic E-state index is 5.16. The van der Waals surface area contributed by atoms with Crippen molar-refractivity contribution in [1.82, 2.24) is 5.32 Å². The molecule has 0 amide bonds. The fourth-order valence-corrected chi connectivity index (χ4v) is 2.20. The summed E-state index contributed by atoms with van der Waals surface area (Å²) in [5.74, 6) is 9.35. The number of hydrogen-bond acceptors (Lipinski definition) is 2. The van der Waals surface area contributed by atoms with E-state index in [0.29, 0.717) is 6.54 Å². The Hall–Kier alpha value is -1.61. The Morgan fingerprint density at radius 2 is 2.22 bits per heavy atom. The average molecular weight is 255 g/mol. The third-order valence-corrected chi connectivity index (χ3v) is 3.15. The van der Waals surface area contributed by atoms with Crippen LogP contribution in [0.25, 0.3) is 6.08 Å². The van der Waals surface area contributed by atoms with E-state index in [1.807, 2.05) is 13.0 Å². The second-order valence-electron chi connectivity index (χ2n) is 3.49. The molecule has 2 heteroatoms. The second-order valence-corrected chi connectivity index (χ2v) is 4.51. The number of hydrogen-bond donors (Lipinski definition) is 1. The van der Waals surface area contributed by atoms with Gasteiger partial charge in [-0.25, -0.2) is 0 Å². The summed E-state index contributed by atoms with van der Waals surface area (Å²) in [5.41, 5.74) is 1.22. The summed E-state index contributed by atoms with van der Waals surface area (Å²) in [6.07, 6.45) is 9.36. The first-order valence-electron chi connectivity index (χ1n) is 5.80. The average Bonchev–Trinajstić information content (AvgIpc) is 2.40. The van der Waals surface area contributed by atoms with Gasteiger partial charge in [0.15, 0.2) is 0 Å². The molecule has 0 aliphatic carbocycles. The van der Waals surface area contributed by atoms with Gasteiger partial charge in [-0.3, -0.25) is 0 Å². The summed E-state index contributed by atoms with van der Waals surface area (Å²) in [6.45, 7) is 3.26. The molecule has 0 unspecified atom stereocenters. The van der Waals surface area contributed by atoms with Crippen molar-refractivity contribution in [3.05, 3.63) is 35.9 Å². The molecule has 92 valence electrons. The minimum atomic E-state index is 0.604. The first kappa shape index (κ1) is 14.5. The zero-order chi connectivity index (χ0) is 13.1. The van der Waals surface area contributed by atoms with Gasteiger partial charge < -0.3 is 5.32 Å². The predicted octanol–water partition coefficient (Wildman–Crippen LogP) is 3.04. The topological polar surface area (TPSA) is 12.0 Å². The Bertz CT molecular complexity index is 486. The first-order valence-corrected chi connectivity index (χ1v) is 6.79. The second kappa shape index (κ2) is 9.42. The van der Waals surface area contributed by atoms with Gasteiger partial charge in [-0.05, 0) is 18.6 Å². The lowest BCUT2D eigenvalue weighted by Crippen LogP contribution is -2.12. The van der Waals surface area contributed by atoms with Crippen LogP contribution in [0.5, 0.6) is 0 Å². The number of rotatable bonds is 6. The number of terminal acetylenes is 1. The van der Waals surface area contributed by atoms with Crippen LogP contribution in [0, 0.1) is 24.2 Å². The van der Waals surface area contributed by atoms with E-state index in [1.54, 1.807) is 11.8 Å². The zero-order valence-corrected chi connectivity index (χ0v) is 11.4. The van der Waals surface area contributed by atoms with Gasteiger partial charge in [-0.2, -0.15) is 0 Å². The number of thioether (sulfide) groups is 1. The number of nitrogens with one attached hydrogen (secondary N) is 1. The van der Waals surface area contributed by atoms with E-state index in [0.717, 1.165) is 12.3 Å². The maximum Gasteiger partial charge on any atom is 0.0594 e. The van der Waals surface area contributed by atoms with Crippen molar-refractivity contribution in [2.24, 2.45) is 0 Å². The smallest absolute Gasteiger partial charge is 0.0594 e. The molecule has 0 spiro atoms. The molecule has 0 bridgehead atoms.